The summed E-state index contributed by atoms with van der Waals surface area (Å²) in [5, 5.41) is 14.4. The normalized spacial score (nSPS) is 13.7. The monoisotopic (exact) mass is 473 g/mol. The van der Waals surface area contributed by atoms with E-state index in [0.29, 0.717) is 0 Å². The smallest absolute Gasteiger partial charge is 0.407 e. The molecule has 0 radical (unpaired) electrons. The lowest BCUT2D eigenvalue weighted by Gasteiger charge is -2.20. The number of carbonyl (C=O) groups excluding carboxylic acids is 2. The maximum absolute atomic E-state index is 12.7. The van der Waals surface area contributed by atoms with E-state index < -0.39 is 30.4 Å². The van der Waals surface area contributed by atoms with Crippen molar-refractivity contribution in [1.82, 2.24) is 15.6 Å². The van der Waals surface area contributed by atoms with Crippen molar-refractivity contribution in [3.8, 4) is 11.1 Å². The lowest BCUT2D eigenvalue weighted by molar-refractivity contribution is -0.139. The van der Waals surface area contributed by atoms with E-state index >= 15 is 0 Å². The summed E-state index contributed by atoms with van der Waals surface area (Å²) < 4.78 is 5.46. The van der Waals surface area contributed by atoms with Gasteiger partial charge in [0.15, 0.2) is 0 Å². The molecular formula is C27H27N3O5. The fraction of sp³-hybridized carbons (Fsp3) is 0.259. The number of aromatic nitrogens is 1. The van der Waals surface area contributed by atoms with Crippen LogP contribution in [-0.2, 0) is 14.3 Å². The number of hydrogen-bond donors (Lipinski definition) is 3. The Kier molecular flexibility index (Phi) is 7.40. The van der Waals surface area contributed by atoms with E-state index in [1.165, 1.54) is 0 Å². The van der Waals surface area contributed by atoms with Crippen molar-refractivity contribution in [2.75, 3.05) is 13.2 Å². The Balaban J connectivity index is 1.36. The van der Waals surface area contributed by atoms with E-state index in [-0.39, 0.29) is 25.0 Å². The predicted octanol–water partition coefficient (Wildman–Crippen LogP) is 3.68. The summed E-state index contributed by atoms with van der Waals surface area (Å²) in [4.78, 5) is 40.8. The van der Waals surface area contributed by atoms with Gasteiger partial charge in [-0.3, -0.25) is 14.6 Å². The molecule has 1 aliphatic rings. The molecule has 0 saturated carbocycles. The van der Waals surface area contributed by atoms with Crippen LogP contribution in [0.2, 0.25) is 0 Å². The molecule has 0 bridgehead atoms. The van der Waals surface area contributed by atoms with Crippen LogP contribution in [0.15, 0.2) is 72.9 Å². The minimum atomic E-state index is -1.26. The number of ether oxygens (including phenoxy) is 1. The number of benzene rings is 2. The Morgan fingerprint density at radius 1 is 0.971 bits per heavy atom. The van der Waals surface area contributed by atoms with Crippen LogP contribution in [0.3, 0.4) is 0 Å². The van der Waals surface area contributed by atoms with Gasteiger partial charge in [-0.1, -0.05) is 61.5 Å². The number of carbonyl (C=O) groups is 3. The van der Waals surface area contributed by atoms with E-state index in [4.69, 9.17) is 4.74 Å². The van der Waals surface area contributed by atoms with Crippen LogP contribution in [0.5, 0.6) is 0 Å². The second-order valence-electron chi connectivity index (χ2n) is 8.52. The Bertz CT molecular complexity index is 1170. The Morgan fingerprint density at radius 3 is 2.20 bits per heavy atom. The number of hydrogen-bond acceptors (Lipinski definition) is 5. The van der Waals surface area contributed by atoms with Gasteiger partial charge < -0.3 is 20.5 Å². The first-order valence-corrected chi connectivity index (χ1v) is 11.5. The Labute approximate surface area is 203 Å². The van der Waals surface area contributed by atoms with Gasteiger partial charge in [0.25, 0.3) is 0 Å². The topological polar surface area (TPSA) is 118 Å². The summed E-state index contributed by atoms with van der Waals surface area (Å²) in [6, 6.07) is 20.1. The number of rotatable bonds is 9. The van der Waals surface area contributed by atoms with Gasteiger partial charge in [-0.15, -0.1) is 0 Å². The van der Waals surface area contributed by atoms with E-state index in [1.54, 1.807) is 12.3 Å². The molecular weight excluding hydrogens is 446 g/mol. The molecule has 2 amide bonds. The van der Waals surface area contributed by atoms with Crippen molar-refractivity contribution >= 4 is 18.0 Å². The van der Waals surface area contributed by atoms with Crippen LogP contribution >= 0.6 is 0 Å². The van der Waals surface area contributed by atoms with Crippen LogP contribution < -0.4 is 10.6 Å². The summed E-state index contributed by atoms with van der Waals surface area (Å²) in [6.07, 6.45) is 0.263. The molecule has 2 unspecified atom stereocenters. The van der Waals surface area contributed by atoms with Crippen LogP contribution in [-0.4, -0.2) is 47.3 Å². The van der Waals surface area contributed by atoms with Crippen molar-refractivity contribution in [3.63, 3.8) is 0 Å². The summed E-state index contributed by atoms with van der Waals surface area (Å²) in [5.41, 5.74) is 5.12. The van der Waals surface area contributed by atoms with Gasteiger partial charge in [-0.2, -0.15) is 0 Å². The zero-order valence-electron chi connectivity index (χ0n) is 19.3. The number of nitrogens with zero attached hydrogens (tertiary/aromatic N) is 1. The van der Waals surface area contributed by atoms with Crippen LogP contribution in [0.4, 0.5) is 4.79 Å². The van der Waals surface area contributed by atoms with Crippen LogP contribution in [0, 0.1) is 0 Å². The number of amides is 2. The van der Waals surface area contributed by atoms with Gasteiger partial charge in [0, 0.05) is 30.3 Å². The first kappa shape index (κ1) is 23.9. The molecule has 0 fully saturated rings. The predicted molar refractivity (Wildman–Crippen MR) is 130 cm³/mol. The fourth-order valence-electron chi connectivity index (χ4n) is 4.32. The van der Waals surface area contributed by atoms with Gasteiger partial charge in [-0.05, 0) is 34.4 Å². The molecule has 35 heavy (non-hydrogen) atoms. The molecule has 1 heterocycles. The second-order valence-corrected chi connectivity index (χ2v) is 8.52. The van der Waals surface area contributed by atoms with E-state index in [0.717, 1.165) is 27.9 Å². The van der Waals surface area contributed by atoms with E-state index in [9.17, 15) is 19.5 Å². The summed E-state index contributed by atoms with van der Waals surface area (Å²) in [5.74, 6) is -2.02. The number of fused-ring (bicyclic) bond motifs is 3. The highest BCUT2D eigenvalue weighted by molar-refractivity contribution is 5.89. The molecule has 2 atom stereocenters. The molecule has 1 aromatic heterocycles. The van der Waals surface area contributed by atoms with E-state index in [1.807, 2.05) is 67.6 Å². The fourth-order valence-corrected chi connectivity index (χ4v) is 4.32. The first-order valence-electron chi connectivity index (χ1n) is 11.5. The highest BCUT2D eigenvalue weighted by atomic mass is 16.5. The van der Waals surface area contributed by atoms with Crippen molar-refractivity contribution in [2.45, 2.75) is 31.2 Å². The summed E-state index contributed by atoms with van der Waals surface area (Å²) in [6.45, 7) is 2.21. The van der Waals surface area contributed by atoms with Crippen LogP contribution in [0.1, 0.15) is 42.0 Å². The van der Waals surface area contributed by atoms with Crippen molar-refractivity contribution in [2.24, 2.45) is 0 Å². The van der Waals surface area contributed by atoms with Gasteiger partial charge in [-0.25, -0.2) is 4.79 Å². The number of carboxylic acid groups (broad SMARTS) is 1. The molecule has 8 heteroatoms. The number of nitrogens with one attached hydrogen (secondary N) is 2. The molecule has 1 aliphatic carbocycles. The minimum absolute atomic E-state index is 0.0674. The van der Waals surface area contributed by atoms with E-state index in [2.05, 4.69) is 15.6 Å². The maximum Gasteiger partial charge on any atom is 0.407 e. The number of alkyl carbamates (subject to hydrolysis) is 1. The molecule has 2 aromatic carbocycles. The third kappa shape index (κ3) is 5.66. The molecule has 4 rings (SSSR count). The SMILES string of the molecule is CC(CNC(=O)C(CC(=O)O)NC(=O)OCC1c2ccccc2-c2ccccc21)c1ccccn1. The van der Waals surface area contributed by atoms with Crippen molar-refractivity contribution in [3.05, 3.63) is 89.7 Å². The average Bonchev–Trinajstić information content (AvgIpc) is 3.19. The van der Waals surface area contributed by atoms with Crippen molar-refractivity contribution < 1.29 is 24.2 Å². The largest absolute Gasteiger partial charge is 0.481 e. The third-order valence-electron chi connectivity index (χ3n) is 6.11. The molecule has 180 valence electrons. The second kappa shape index (κ2) is 10.8. The standard InChI is InChI=1S/C27H27N3O5/c1-17(23-12-6-7-13-28-23)15-29-26(33)24(14-25(31)32)30-27(34)35-16-22-20-10-4-2-8-18(20)19-9-3-5-11-21(19)22/h2-13,17,22,24H,14-16H2,1H3,(H,29,33)(H,30,34)(H,31,32). The van der Waals surface area contributed by atoms with Gasteiger partial charge in [0.05, 0.1) is 6.42 Å². The highest BCUT2D eigenvalue weighted by Gasteiger charge is 2.30. The van der Waals surface area contributed by atoms with Gasteiger partial charge >= 0.3 is 12.1 Å². The maximum atomic E-state index is 12.7. The number of aliphatic carboxylic acids is 1. The molecule has 3 aromatic rings. The average molecular weight is 474 g/mol. The molecule has 0 saturated heterocycles. The number of pyridine rings is 1. The Morgan fingerprint density at radius 2 is 1.60 bits per heavy atom. The summed E-state index contributed by atoms with van der Waals surface area (Å²) >= 11 is 0. The lowest BCUT2D eigenvalue weighted by atomic mass is 9.98. The summed E-state index contributed by atoms with van der Waals surface area (Å²) in [7, 11) is 0. The van der Waals surface area contributed by atoms with Crippen LogP contribution in [0.25, 0.3) is 11.1 Å². The lowest BCUT2D eigenvalue weighted by Crippen LogP contribution is -2.48. The highest BCUT2D eigenvalue weighted by Crippen LogP contribution is 2.44. The molecule has 3 N–H and O–H groups in total. The van der Waals surface area contributed by atoms with Crippen molar-refractivity contribution in [1.29, 1.82) is 0 Å². The first-order chi connectivity index (χ1) is 16.9. The quantitative estimate of drug-likeness (QED) is 0.436. The third-order valence-corrected chi connectivity index (χ3v) is 6.11. The minimum Gasteiger partial charge on any atom is -0.481 e. The molecule has 0 aliphatic heterocycles. The zero-order chi connectivity index (χ0) is 24.8. The molecule has 8 nitrogen and oxygen atoms in total. The zero-order valence-corrected chi connectivity index (χ0v) is 19.3. The van der Waals surface area contributed by atoms with Gasteiger partial charge in [0.2, 0.25) is 5.91 Å². The number of carboxylic acids is 1. The van der Waals surface area contributed by atoms with Gasteiger partial charge in [0.1, 0.15) is 12.6 Å². The Hall–Kier alpha value is -4.20. The molecule has 0 spiro atoms.